The van der Waals surface area contributed by atoms with Crippen molar-refractivity contribution in [3.05, 3.63) is 17.7 Å². The highest BCUT2D eigenvalue weighted by atomic mass is 16.3. The maximum Gasteiger partial charge on any atom is 0.251 e. The molecule has 1 unspecified atom stereocenters. The molecule has 3 rings (SSSR count). The molecule has 126 valence electrons. The fourth-order valence-corrected chi connectivity index (χ4v) is 3.22. The van der Waals surface area contributed by atoms with Crippen LogP contribution >= 0.6 is 0 Å². The number of aliphatic hydroxyl groups is 1. The lowest BCUT2D eigenvalue weighted by atomic mass is 10.2. The highest BCUT2D eigenvalue weighted by Crippen LogP contribution is 2.14. The first kappa shape index (κ1) is 16.0. The van der Waals surface area contributed by atoms with Crippen molar-refractivity contribution >= 4 is 11.8 Å². The summed E-state index contributed by atoms with van der Waals surface area (Å²) in [5.74, 6) is 0.542. The Morgan fingerprint density at radius 3 is 2.96 bits per heavy atom. The summed E-state index contributed by atoms with van der Waals surface area (Å²) in [5.41, 5.74) is 0.859. The highest BCUT2D eigenvalue weighted by Gasteiger charge is 2.26. The minimum Gasteiger partial charge on any atom is -0.383 e. The van der Waals surface area contributed by atoms with Crippen LogP contribution in [0.2, 0.25) is 0 Å². The Hall–Kier alpha value is -1.89. The molecule has 2 aliphatic rings. The van der Waals surface area contributed by atoms with Crippen molar-refractivity contribution in [2.45, 2.75) is 57.7 Å². The second kappa shape index (κ2) is 7.12. The Kier molecular flexibility index (Phi) is 4.95. The highest BCUT2D eigenvalue weighted by molar-refractivity contribution is 5.87. The SMILES string of the molecule is O=C(CN1CCCCC(O)C1=O)NCc1cn2c(n1)CCCC2. The largest absolute Gasteiger partial charge is 0.383 e. The van der Waals surface area contributed by atoms with Crippen LogP contribution < -0.4 is 5.32 Å². The summed E-state index contributed by atoms with van der Waals surface area (Å²) in [7, 11) is 0. The molecule has 0 bridgehead atoms. The van der Waals surface area contributed by atoms with E-state index < -0.39 is 6.10 Å². The Morgan fingerprint density at radius 2 is 2.13 bits per heavy atom. The van der Waals surface area contributed by atoms with Crippen molar-refractivity contribution in [2.24, 2.45) is 0 Å². The Morgan fingerprint density at radius 1 is 1.30 bits per heavy atom. The van der Waals surface area contributed by atoms with Crippen LogP contribution in [0.4, 0.5) is 0 Å². The van der Waals surface area contributed by atoms with Gasteiger partial charge in [0.05, 0.1) is 18.8 Å². The van der Waals surface area contributed by atoms with Crippen LogP contribution in [0.3, 0.4) is 0 Å². The molecule has 1 aromatic rings. The van der Waals surface area contributed by atoms with E-state index in [2.05, 4.69) is 14.9 Å². The number of nitrogens with one attached hydrogen (secondary N) is 1. The molecule has 0 aromatic carbocycles. The van der Waals surface area contributed by atoms with E-state index >= 15 is 0 Å². The van der Waals surface area contributed by atoms with Crippen molar-refractivity contribution in [1.29, 1.82) is 0 Å². The summed E-state index contributed by atoms with van der Waals surface area (Å²) in [6, 6.07) is 0. The zero-order chi connectivity index (χ0) is 16.2. The number of hydrogen-bond donors (Lipinski definition) is 2. The number of fused-ring (bicyclic) bond motifs is 1. The topological polar surface area (TPSA) is 87.5 Å². The second-order valence-corrected chi connectivity index (χ2v) is 6.35. The first-order chi connectivity index (χ1) is 11.1. The molecule has 2 aliphatic heterocycles. The van der Waals surface area contributed by atoms with E-state index in [9.17, 15) is 14.7 Å². The van der Waals surface area contributed by atoms with Gasteiger partial charge in [-0.05, 0) is 32.1 Å². The van der Waals surface area contributed by atoms with Gasteiger partial charge >= 0.3 is 0 Å². The Labute approximate surface area is 135 Å². The van der Waals surface area contributed by atoms with E-state index in [0.717, 1.165) is 37.3 Å². The van der Waals surface area contributed by atoms with Gasteiger partial charge in [-0.1, -0.05) is 0 Å². The number of amides is 2. The van der Waals surface area contributed by atoms with Gasteiger partial charge in [0, 0.05) is 25.7 Å². The van der Waals surface area contributed by atoms with Crippen LogP contribution in [-0.4, -0.2) is 50.6 Å². The maximum absolute atomic E-state index is 12.1. The summed E-state index contributed by atoms with van der Waals surface area (Å²) < 4.78 is 2.15. The molecule has 7 nitrogen and oxygen atoms in total. The number of aryl methyl sites for hydroxylation is 2. The number of rotatable bonds is 4. The molecule has 0 saturated carbocycles. The molecule has 3 heterocycles. The lowest BCUT2D eigenvalue weighted by molar-refractivity contribution is -0.142. The number of hydrogen-bond acceptors (Lipinski definition) is 4. The fraction of sp³-hybridized carbons (Fsp3) is 0.688. The first-order valence-electron chi connectivity index (χ1n) is 8.42. The van der Waals surface area contributed by atoms with Crippen molar-refractivity contribution < 1.29 is 14.7 Å². The summed E-state index contributed by atoms with van der Waals surface area (Å²) in [6.07, 6.45) is 6.48. The molecular weight excluding hydrogens is 296 g/mol. The number of nitrogens with zero attached hydrogens (tertiary/aromatic N) is 3. The van der Waals surface area contributed by atoms with Crippen molar-refractivity contribution in [3.8, 4) is 0 Å². The number of carbonyl (C=O) groups excluding carboxylic acids is 2. The normalized spacial score (nSPS) is 21.7. The van der Waals surface area contributed by atoms with Gasteiger partial charge in [-0.15, -0.1) is 0 Å². The maximum atomic E-state index is 12.1. The molecule has 0 radical (unpaired) electrons. The van der Waals surface area contributed by atoms with Crippen molar-refractivity contribution in [1.82, 2.24) is 19.8 Å². The quantitative estimate of drug-likeness (QED) is 0.830. The average molecular weight is 320 g/mol. The molecule has 1 fully saturated rings. The minimum absolute atomic E-state index is 0.00343. The van der Waals surface area contributed by atoms with Crippen molar-refractivity contribution in [3.63, 3.8) is 0 Å². The predicted octanol–water partition coefficient (Wildman–Crippen LogP) is 0.209. The van der Waals surface area contributed by atoms with Gasteiger partial charge in [0.25, 0.3) is 5.91 Å². The Bertz CT molecular complexity index is 560. The van der Waals surface area contributed by atoms with E-state index in [4.69, 9.17) is 0 Å². The molecule has 1 aromatic heterocycles. The zero-order valence-electron chi connectivity index (χ0n) is 13.3. The van der Waals surface area contributed by atoms with E-state index in [0.29, 0.717) is 19.5 Å². The van der Waals surface area contributed by atoms with E-state index in [1.807, 2.05) is 6.20 Å². The van der Waals surface area contributed by atoms with Gasteiger partial charge in [-0.25, -0.2) is 4.98 Å². The van der Waals surface area contributed by atoms with Gasteiger partial charge in [0.2, 0.25) is 5.91 Å². The zero-order valence-corrected chi connectivity index (χ0v) is 13.3. The van der Waals surface area contributed by atoms with E-state index in [1.54, 1.807) is 0 Å². The summed E-state index contributed by atoms with van der Waals surface area (Å²) >= 11 is 0. The van der Waals surface area contributed by atoms with Gasteiger partial charge in [-0.3, -0.25) is 9.59 Å². The third kappa shape index (κ3) is 3.90. The molecule has 1 atom stereocenters. The summed E-state index contributed by atoms with van der Waals surface area (Å²) in [6.45, 7) is 1.91. The molecule has 23 heavy (non-hydrogen) atoms. The lowest BCUT2D eigenvalue weighted by Crippen LogP contribution is -2.44. The van der Waals surface area contributed by atoms with Crippen LogP contribution in [0, 0.1) is 0 Å². The predicted molar refractivity (Wildman–Crippen MR) is 83.4 cm³/mol. The number of aromatic nitrogens is 2. The lowest BCUT2D eigenvalue weighted by Gasteiger charge is -2.21. The van der Waals surface area contributed by atoms with Crippen LogP contribution in [0.25, 0.3) is 0 Å². The Balaban J connectivity index is 1.51. The monoisotopic (exact) mass is 320 g/mol. The minimum atomic E-state index is -0.967. The summed E-state index contributed by atoms with van der Waals surface area (Å²) in [4.78, 5) is 30.0. The van der Waals surface area contributed by atoms with Gasteiger partial charge in [-0.2, -0.15) is 0 Å². The number of aliphatic hydroxyl groups excluding tert-OH is 1. The van der Waals surface area contributed by atoms with E-state index in [-0.39, 0.29) is 18.4 Å². The third-order valence-corrected chi connectivity index (χ3v) is 4.51. The van der Waals surface area contributed by atoms with Crippen LogP contribution in [-0.2, 0) is 29.1 Å². The second-order valence-electron chi connectivity index (χ2n) is 6.35. The number of likely N-dealkylation sites (tertiary alicyclic amines) is 1. The number of imidazole rings is 1. The van der Waals surface area contributed by atoms with Gasteiger partial charge in [0.15, 0.2) is 0 Å². The fourth-order valence-electron chi connectivity index (χ4n) is 3.22. The molecule has 0 aliphatic carbocycles. The van der Waals surface area contributed by atoms with Crippen LogP contribution in [0.15, 0.2) is 6.20 Å². The molecule has 1 saturated heterocycles. The molecule has 0 spiro atoms. The average Bonchev–Trinajstić information content (AvgIpc) is 2.91. The summed E-state index contributed by atoms with van der Waals surface area (Å²) in [5, 5.41) is 12.5. The smallest absolute Gasteiger partial charge is 0.251 e. The molecule has 7 heteroatoms. The van der Waals surface area contributed by atoms with Crippen molar-refractivity contribution in [2.75, 3.05) is 13.1 Å². The van der Waals surface area contributed by atoms with Gasteiger partial charge < -0.3 is 19.9 Å². The molecule has 2 N–H and O–H groups in total. The molecular formula is C16H24N4O3. The van der Waals surface area contributed by atoms with Gasteiger partial charge in [0.1, 0.15) is 11.9 Å². The third-order valence-electron chi connectivity index (χ3n) is 4.51. The number of carbonyl (C=O) groups is 2. The first-order valence-corrected chi connectivity index (χ1v) is 8.42. The van der Waals surface area contributed by atoms with Crippen LogP contribution in [0.5, 0.6) is 0 Å². The molecule has 2 amide bonds. The van der Waals surface area contributed by atoms with E-state index in [1.165, 1.54) is 17.7 Å². The standard InChI is InChI=1S/C16H24N4O3/c21-13-5-1-3-8-20(16(13)23)11-15(22)17-9-12-10-19-7-4-2-6-14(19)18-12/h10,13,21H,1-9,11H2,(H,17,22). The van der Waals surface area contributed by atoms with Crippen LogP contribution in [0.1, 0.15) is 43.6 Å².